The van der Waals surface area contributed by atoms with Crippen molar-refractivity contribution in [2.24, 2.45) is 7.05 Å². The van der Waals surface area contributed by atoms with Gasteiger partial charge in [-0.2, -0.15) is 5.10 Å². The van der Waals surface area contributed by atoms with E-state index in [2.05, 4.69) is 25.4 Å². The Morgan fingerprint density at radius 1 is 1.03 bits per heavy atom. The summed E-state index contributed by atoms with van der Waals surface area (Å²) in [7, 11) is 3.43. The molecule has 0 aliphatic rings. The van der Waals surface area contributed by atoms with E-state index in [9.17, 15) is 4.79 Å². The van der Waals surface area contributed by atoms with E-state index in [1.807, 2.05) is 49.6 Å². The van der Waals surface area contributed by atoms with Crippen LogP contribution in [0.25, 0.3) is 33.4 Å². The lowest BCUT2D eigenvalue weighted by molar-refractivity contribution is 0.102. The number of ether oxygens (including phenoxy) is 1. The predicted octanol–water partition coefficient (Wildman–Crippen LogP) is 4.35. The summed E-state index contributed by atoms with van der Waals surface area (Å²) in [6, 6.07) is 17.0. The maximum absolute atomic E-state index is 12.8. The summed E-state index contributed by atoms with van der Waals surface area (Å²) in [5.74, 6) is 0.212. The van der Waals surface area contributed by atoms with Crippen LogP contribution in [0.5, 0.6) is 5.75 Å². The molecule has 0 saturated carbocycles. The molecule has 3 aromatic heterocycles. The number of aromatic nitrogens is 5. The Morgan fingerprint density at radius 2 is 1.88 bits per heavy atom. The van der Waals surface area contributed by atoms with Crippen LogP contribution in [0, 0.1) is 0 Å². The Hall–Kier alpha value is -4.59. The molecule has 0 aliphatic heterocycles. The first-order chi connectivity index (χ1) is 16.1. The molecule has 2 aromatic carbocycles. The van der Waals surface area contributed by atoms with Crippen LogP contribution >= 0.6 is 0 Å². The van der Waals surface area contributed by atoms with Crippen molar-refractivity contribution in [1.82, 2.24) is 24.7 Å². The van der Waals surface area contributed by atoms with E-state index in [-0.39, 0.29) is 5.91 Å². The second-order valence-electron chi connectivity index (χ2n) is 7.42. The zero-order valence-corrected chi connectivity index (χ0v) is 18.1. The predicted molar refractivity (Wildman–Crippen MR) is 126 cm³/mol. The zero-order chi connectivity index (χ0) is 22.8. The van der Waals surface area contributed by atoms with Crippen molar-refractivity contribution in [2.75, 3.05) is 12.4 Å². The summed E-state index contributed by atoms with van der Waals surface area (Å²) in [5, 5.41) is 8.35. The third-order valence-electron chi connectivity index (χ3n) is 5.26. The van der Waals surface area contributed by atoms with Gasteiger partial charge in [0, 0.05) is 48.2 Å². The van der Waals surface area contributed by atoms with Crippen LogP contribution in [0.1, 0.15) is 10.4 Å². The van der Waals surface area contributed by atoms with E-state index in [0.717, 1.165) is 22.2 Å². The van der Waals surface area contributed by atoms with Gasteiger partial charge in [0.15, 0.2) is 0 Å². The van der Waals surface area contributed by atoms with Crippen LogP contribution < -0.4 is 10.1 Å². The number of methoxy groups -OCH3 is 1. The number of carbonyl (C=O) groups excluding carboxylic acids is 1. The fourth-order valence-corrected chi connectivity index (χ4v) is 3.73. The molecule has 3 heterocycles. The van der Waals surface area contributed by atoms with Crippen molar-refractivity contribution >= 4 is 22.5 Å². The number of amides is 1. The van der Waals surface area contributed by atoms with E-state index in [1.54, 1.807) is 36.2 Å². The molecule has 8 heteroatoms. The van der Waals surface area contributed by atoms with Gasteiger partial charge in [-0.1, -0.05) is 30.3 Å². The fourth-order valence-electron chi connectivity index (χ4n) is 3.73. The first-order valence-electron chi connectivity index (χ1n) is 10.3. The van der Waals surface area contributed by atoms with Crippen LogP contribution in [0.4, 0.5) is 5.69 Å². The Morgan fingerprint density at radius 3 is 2.64 bits per heavy atom. The normalized spacial score (nSPS) is 10.8. The minimum absolute atomic E-state index is 0.287. The SMILES string of the molecule is COc1cc2ncnc(-c3cn(C)nc3-c3ccccc3)c2cc1NC(=O)c1cccnc1. The fraction of sp³-hybridized carbons (Fsp3) is 0.0800. The van der Waals surface area contributed by atoms with Gasteiger partial charge in [0.05, 0.1) is 29.6 Å². The molecular weight excluding hydrogens is 416 g/mol. The molecule has 0 radical (unpaired) electrons. The lowest BCUT2D eigenvalue weighted by Crippen LogP contribution is -2.13. The first kappa shape index (κ1) is 20.3. The van der Waals surface area contributed by atoms with Crippen molar-refractivity contribution < 1.29 is 9.53 Å². The number of carbonyl (C=O) groups is 1. The van der Waals surface area contributed by atoms with Crippen LogP contribution in [0.2, 0.25) is 0 Å². The molecule has 0 spiro atoms. The van der Waals surface area contributed by atoms with Crippen molar-refractivity contribution in [1.29, 1.82) is 0 Å². The molecule has 162 valence electrons. The number of hydrogen-bond acceptors (Lipinski definition) is 6. The highest BCUT2D eigenvalue weighted by Crippen LogP contribution is 2.37. The molecule has 5 aromatic rings. The number of nitrogens with one attached hydrogen (secondary N) is 1. The quantitative estimate of drug-likeness (QED) is 0.440. The summed E-state index contributed by atoms with van der Waals surface area (Å²) in [6.07, 6.45) is 6.59. The number of fused-ring (bicyclic) bond motifs is 1. The number of nitrogens with zero attached hydrogens (tertiary/aromatic N) is 5. The number of pyridine rings is 1. The summed E-state index contributed by atoms with van der Waals surface area (Å²) < 4.78 is 7.29. The van der Waals surface area contributed by atoms with Crippen molar-refractivity contribution in [3.8, 4) is 28.3 Å². The monoisotopic (exact) mass is 436 g/mol. The average Bonchev–Trinajstić information content (AvgIpc) is 3.25. The zero-order valence-electron chi connectivity index (χ0n) is 18.1. The minimum atomic E-state index is -0.287. The second-order valence-corrected chi connectivity index (χ2v) is 7.42. The highest BCUT2D eigenvalue weighted by molar-refractivity contribution is 6.07. The third kappa shape index (κ3) is 3.89. The maximum Gasteiger partial charge on any atom is 0.257 e. The van der Waals surface area contributed by atoms with Gasteiger partial charge in [-0.25, -0.2) is 9.97 Å². The smallest absolute Gasteiger partial charge is 0.257 e. The van der Waals surface area contributed by atoms with Crippen LogP contribution in [0.3, 0.4) is 0 Å². The number of aryl methyl sites for hydroxylation is 1. The molecule has 8 nitrogen and oxygen atoms in total. The molecule has 0 atom stereocenters. The molecule has 0 aliphatic carbocycles. The van der Waals surface area contributed by atoms with Gasteiger partial charge in [0.25, 0.3) is 5.91 Å². The van der Waals surface area contributed by atoms with Gasteiger partial charge in [-0.15, -0.1) is 0 Å². The molecule has 1 amide bonds. The lowest BCUT2D eigenvalue weighted by atomic mass is 10.0. The van der Waals surface area contributed by atoms with E-state index in [0.29, 0.717) is 28.2 Å². The molecule has 0 bridgehead atoms. The van der Waals surface area contributed by atoms with E-state index in [4.69, 9.17) is 4.74 Å². The summed E-state index contributed by atoms with van der Waals surface area (Å²) in [6.45, 7) is 0. The van der Waals surface area contributed by atoms with Gasteiger partial charge in [0.2, 0.25) is 0 Å². The largest absolute Gasteiger partial charge is 0.494 e. The molecule has 0 fully saturated rings. The Kier molecular flexibility index (Phi) is 5.24. The van der Waals surface area contributed by atoms with Crippen molar-refractivity contribution in [2.45, 2.75) is 0 Å². The maximum atomic E-state index is 12.8. The van der Waals surface area contributed by atoms with Gasteiger partial charge in [-0.3, -0.25) is 14.5 Å². The number of hydrogen-bond donors (Lipinski definition) is 1. The Balaban J connectivity index is 1.65. The van der Waals surface area contributed by atoms with E-state index in [1.165, 1.54) is 12.5 Å². The topological polar surface area (TPSA) is 94.8 Å². The molecule has 0 unspecified atom stereocenters. The van der Waals surface area contributed by atoms with Crippen LogP contribution in [-0.4, -0.2) is 37.7 Å². The average molecular weight is 436 g/mol. The van der Waals surface area contributed by atoms with E-state index >= 15 is 0 Å². The number of benzene rings is 2. The third-order valence-corrected chi connectivity index (χ3v) is 5.26. The highest BCUT2D eigenvalue weighted by Gasteiger charge is 2.19. The highest BCUT2D eigenvalue weighted by atomic mass is 16.5. The van der Waals surface area contributed by atoms with Crippen LogP contribution in [-0.2, 0) is 7.05 Å². The van der Waals surface area contributed by atoms with Gasteiger partial charge in [0.1, 0.15) is 17.8 Å². The minimum Gasteiger partial charge on any atom is -0.494 e. The summed E-state index contributed by atoms with van der Waals surface area (Å²) >= 11 is 0. The Labute approximate surface area is 189 Å². The number of anilines is 1. The standard InChI is InChI=1S/C25H20N6O2/c1-31-14-19(23(30-31)16-7-4-3-5-8-16)24-18-11-21(22(33-2)12-20(18)27-15-28-24)29-25(32)17-9-6-10-26-13-17/h3-15H,1-2H3,(H,29,32). The summed E-state index contributed by atoms with van der Waals surface area (Å²) in [5.41, 5.74) is 5.03. The molecular formula is C25H20N6O2. The van der Waals surface area contributed by atoms with Gasteiger partial charge < -0.3 is 10.1 Å². The molecule has 1 N–H and O–H groups in total. The molecule has 0 saturated heterocycles. The van der Waals surface area contributed by atoms with Gasteiger partial charge in [-0.05, 0) is 18.2 Å². The van der Waals surface area contributed by atoms with Crippen molar-refractivity contribution in [3.63, 3.8) is 0 Å². The van der Waals surface area contributed by atoms with E-state index < -0.39 is 0 Å². The number of rotatable bonds is 5. The van der Waals surface area contributed by atoms with Gasteiger partial charge >= 0.3 is 0 Å². The Bertz CT molecular complexity index is 1450. The lowest BCUT2D eigenvalue weighted by Gasteiger charge is -2.13. The van der Waals surface area contributed by atoms with Crippen molar-refractivity contribution in [3.05, 3.63) is 85.1 Å². The van der Waals surface area contributed by atoms with Crippen LogP contribution in [0.15, 0.2) is 79.5 Å². The molecule has 33 heavy (non-hydrogen) atoms. The molecule has 5 rings (SSSR count). The first-order valence-corrected chi connectivity index (χ1v) is 10.3. The summed E-state index contributed by atoms with van der Waals surface area (Å²) in [4.78, 5) is 25.8. The second kappa shape index (κ2) is 8.51.